The van der Waals surface area contributed by atoms with Crippen molar-refractivity contribution in [2.24, 2.45) is 0 Å². The van der Waals surface area contributed by atoms with Crippen LogP contribution in [0.5, 0.6) is 0 Å². The number of amides is 2. The Labute approximate surface area is 217 Å². The van der Waals surface area contributed by atoms with Gasteiger partial charge in [-0.25, -0.2) is 4.39 Å². The van der Waals surface area contributed by atoms with Crippen molar-refractivity contribution >= 4 is 17.5 Å². The summed E-state index contributed by atoms with van der Waals surface area (Å²) in [6, 6.07) is 15.4. The van der Waals surface area contributed by atoms with Crippen molar-refractivity contribution in [2.75, 3.05) is 31.2 Å². The molecule has 1 N–H and O–H groups in total. The van der Waals surface area contributed by atoms with Gasteiger partial charge in [-0.3, -0.25) is 19.4 Å². The molecule has 2 heterocycles. The zero-order valence-electron chi connectivity index (χ0n) is 21.8. The molecule has 0 spiro atoms. The number of halogens is 1. The minimum atomic E-state index is -1.05. The standard InChI is InChI=1S/C29H34FN3O4/c1-20-6-5-7-23(18-20)33(26(27(34)31-29(2,3)4)21-8-10-22(30)11-9-21)28(35)25-13-12-24(37-25)19-32-14-16-36-17-15-32/h5-13,18,26H,14-17,19H2,1-4H3,(H,31,34)/t26-/m0/s1. The van der Waals surface area contributed by atoms with Gasteiger partial charge in [0.25, 0.3) is 5.91 Å². The highest BCUT2D eigenvalue weighted by molar-refractivity contribution is 6.08. The third kappa shape index (κ3) is 6.84. The first-order valence-corrected chi connectivity index (χ1v) is 12.5. The number of furan rings is 1. The maximum absolute atomic E-state index is 14.1. The van der Waals surface area contributed by atoms with Crippen LogP contribution in [0.2, 0.25) is 0 Å². The number of nitrogens with one attached hydrogen (secondary N) is 1. The first-order chi connectivity index (χ1) is 17.6. The molecule has 7 nitrogen and oxygen atoms in total. The van der Waals surface area contributed by atoms with Gasteiger partial charge in [0.05, 0.1) is 19.8 Å². The number of aryl methyl sites for hydroxylation is 1. The number of ether oxygens (including phenoxy) is 1. The summed E-state index contributed by atoms with van der Waals surface area (Å²) in [7, 11) is 0. The smallest absolute Gasteiger partial charge is 0.294 e. The lowest BCUT2D eigenvalue weighted by Gasteiger charge is -2.33. The lowest BCUT2D eigenvalue weighted by Crippen LogP contribution is -2.49. The van der Waals surface area contributed by atoms with E-state index in [1.807, 2.05) is 45.9 Å². The van der Waals surface area contributed by atoms with E-state index in [4.69, 9.17) is 9.15 Å². The molecule has 0 aliphatic carbocycles. The Bertz CT molecular complexity index is 1230. The number of morpholine rings is 1. The van der Waals surface area contributed by atoms with Crippen LogP contribution in [0.3, 0.4) is 0 Å². The van der Waals surface area contributed by atoms with E-state index in [0.717, 1.165) is 18.7 Å². The fraction of sp³-hybridized carbons (Fsp3) is 0.379. The van der Waals surface area contributed by atoms with E-state index in [9.17, 15) is 14.0 Å². The van der Waals surface area contributed by atoms with Gasteiger partial charge >= 0.3 is 0 Å². The molecular formula is C29H34FN3O4. The molecule has 2 aromatic carbocycles. The van der Waals surface area contributed by atoms with E-state index in [2.05, 4.69) is 10.2 Å². The van der Waals surface area contributed by atoms with E-state index in [1.165, 1.54) is 29.2 Å². The second-order valence-electron chi connectivity index (χ2n) is 10.4. The van der Waals surface area contributed by atoms with Gasteiger partial charge in [-0.05, 0) is 75.2 Å². The third-order valence-corrected chi connectivity index (χ3v) is 6.04. The van der Waals surface area contributed by atoms with Gasteiger partial charge in [0.15, 0.2) is 5.76 Å². The monoisotopic (exact) mass is 507 g/mol. The molecule has 0 radical (unpaired) electrons. The molecule has 1 fully saturated rings. The summed E-state index contributed by atoms with van der Waals surface area (Å²) in [6.45, 7) is 11.0. The van der Waals surface area contributed by atoms with Gasteiger partial charge in [-0.1, -0.05) is 24.3 Å². The number of carbonyl (C=O) groups is 2. The van der Waals surface area contributed by atoms with Crippen LogP contribution in [0, 0.1) is 12.7 Å². The molecule has 3 aromatic rings. The minimum absolute atomic E-state index is 0.125. The first-order valence-electron chi connectivity index (χ1n) is 12.5. The van der Waals surface area contributed by atoms with Crippen molar-refractivity contribution in [3.63, 3.8) is 0 Å². The Morgan fingerprint density at radius 1 is 1.05 bits per heavy atom. The van der Waals surface area contributed by atoms with Crippen molar-refractivity contribution in [1.82, 2.24) is 10.2 Å². The first kappa shape index (κ1) is 26.6. The molecular weight excluding hydrogens is 473 g/mol. The summed E-state index contributed by atoms with van der Waals surface area (Å²) in [4.78, 5) is 31.4. The molecule has 0 unspecified atom stereocenters. The van der Waals surface area contributed by atoms with Crippen LogP contribution < -0.4 is 10.2 Å². The summed E-state index contributed by atoms with van der Waals surface area (Å²) < 4.78 is 25.2. The van der Waals surface area contributed by atoms with E-state index < -0.39 is 23.3 Å². The van der Waals surface area contributed by atoms with Gasteiger partial charge in [0.1, 0.15) is 17.6 Å². The molecule has 0 saturated carbocycles. The maximum Gasteiger partial charge on any atom is 0.294 e. The number of benzene rings is 2. The van der Waals surface area contributed by atoms with Crippen molar-refractivity contribution in [3.05, 3.63) is 89.1 Å². The van der Waals surface area contributed by atoms with Crippen molar-refractivity contribution in [1.29, 1.82) is 0 Å². The van der Waals surface area contributed by atoms with Gasteiger partial charge in [-0.15, -0.1) is 0 Å². The molecule has 37 heavy (non-hydrogen) atoms. The van der Waals surface area contributed by atoms with Crippen LogP contribution in [-0.4, -0.2) is 48.6 Å². The van der Waals surface area contributed by atoms with Crippen LogP contribution in [0.1, 0.15) is 54.3 Å². The fourth-order valence-electron chi connectivity index (χ4n) is 4.34. The maximum atomic E-state index is 14.1. The zero-order valence-corrected chi connectivity index (χ0v) is 21.8. The fourth-order valence-corrected chi connectivity index (χ4v) is 4.34. The van der Waals surface area contributed by atoms with E-state index >= 15 is 0 Å². The molecule has 1 aromatic heterocycles. The number of rotatable bonds is 7. The molecule has 0 bridgehead atoms. The topological polar surface area (TPSA) is 75.0 Å². The highest BCUT2D eigenvalue weighted by Gasteiger charge is 2.36. The molecule has 1 atom stereocenters. The average molecular weight is 508 g/mol. The van der Waals surface area contributed by atoms with Crippen molar-refractivity contribution < 1.29 is 23.1 Å². The largest absolute Gasteiger partial charge is 0.455 e. The molecule has 8 heteroatoms. The molecule has 2 amide bonds. The van der Waals surface area contributed by atoms with Crippen LogP contribution >= 0.6 is 0 Å². The van der Waals surface area contributed by atoms with Gasteiger partial charge in [0, 0.05) is 24.3 Å². The molecule has 1 saturated heterocycles. The van der Waals surface area contributed by atoms with Gasteiger partial charge < -0.3 is 14.5 Å². The van der Waals surface area contributed by atoms with Crippen LogP contribution in [0.25, 0.3) is 0 Å². The number of hydrogen-bond acceptors (Lipinski definition) is 5. The van der Waals surface area contributed by atoms with Gasteiger partial charge in [-0.2, -0.15) is 0 Å². The lowest BCUT2D eigenvalue weighted by atomic mass is 10.00. The van der Waals surface area contributed by atoms with Crippen LogP contribution in [-0.2, 0) is 16.1 Å². The second-order valence-corrected chi connectivity index (χ2v) is 10.4. The van der Waals surface area contributed by atoms with Gasteiger partial charge in [0.2, 0.25) is 5.91 Å². The zero-order chi connectivity index (χ0) is 26.6. The average Bonchev–Trinajstić information content (AvgIpc) is 3.31. The predicted octanol–water partition coefficient (Wildman–Crippen LogP) is 4.86. The molecule has 1 aliphatic heterocycles. The summed E-state index contributed by atoms with van der Waals surface area (Å²) in [6.07, 6.45) is 0. The van der Waals surface area contributed by atoms with E-state index in [-0.39, 0.29) is 11.7 Å². The second kappa shape index (κ2) is 11.3. The van der Waals surface area contributed by atoms with Crippen LogP contribution in [0.15, 0.2) is 65.1 Å². The highest BCUT2D eigenvalue weighted by atomic mass is 19.1. The van der Waals surface area contributed by atoms with Crippen molar-refractivity contribution in [2.45, 2.75) is 45.8 Å². The van der Waals surface area contributed by atoms with E-state index in [0.29, 0.717) is 36.8 Å². The molecule has 4 rings (SSSR count). The quantitative estimate of drug-likeness (QED) is 0.494. The Kier molecular flexibility index (Phi) is 8.10. The number of nitrogens with zero attached hydrogens (tertiary/aromatic N) is 2. The Hall–Kier alpha value is -3.49. The Morgan fingerprint density at radius 3 is 2.41 bits per heavy atom. The number of anilines is 1. The highest BCUT2D eigenvalue weighted by Crippen LogP contribution is 2.31. The normalized spacial score (nSPS) is 15.3. The number of carbonyl (C=O) groups excluding carboxylic acids is 2. The predicted molar refractivity (Wildman–Crippen MR) is 140 cm³/mol. The minimum Gasteiger partial charge on any atom is -0.455 e. The van der Waals surface area contributed by atoms with Crippen molar-refractivity contribution in [3.8, 4) is 0 Å². The molecule has 196 valence electrons. The SMILES string of the molecule is Cc1cccc(N(C(=O)c2ccc(CN3CCOCC3)o2)[C@H](C(=O)NC(C)(C)C)c2ccc(F)cc2)c1. The number of hydrogen-bond donors (Lipinski definition) is 1. The summed E-state index contributed by atoms with van der Waals surface area (Å²) in [5.41, 5.74) is 1.40. The van der Waals surface area contributed by atoms with E-state index in [1.54, 1.807) is 18.2 Å². The summed E-state index contributed by atoms with van der Waals surface area (Å²) in [5.74, 6) is -0.482. The Balaban J connectivity index is 1.75. The lowest BCUT2D eigenvalue weighted by molar-refractivity contribution is -0.123. The summed E-state index contributed by atoms with van der Waals surface area (Å²) in [5, 5.41) is 2.99. The Morgan fingerprint density at radius 2 is 1.76 bits per heavy atom. The summed E-state index contributed by atoms with van der Waals surface area (Å²) >= 11 is 0. The third-order valence-electron chi connectivity index (χ3n) is 6.04. The van der Waals surface area contributed by atoms with Crippen LogP contribution in [0.4, 0.5) is 10.1 Å². The molecule has 1 aliphatic rings.